The molecule has 2 unspecified atom stereocenters. The van der Waals surface area contributed by atoms with Crippen LogP contribution in [0, 0.1) is 24.2 Å². The standard InChI is InChI=1S/C28H38N2O5S/c1-14-7-9-21(18-8-10-22-19(12-18)29-17(4)36-22)35-24(32)13-23(31)28(5,6)27(34)16(3)26(33)15(2)25-20(11-14)30-25/h7-8,10,12,15-16,20-21,23,25-26,30-31,33H,9,11,13H2,1-6H3/b14-7-/t15-,16+,20?,21+,23-,25?,26-/m0/s1. The zero-order valence-electron chi connectivity index (χ0n) is 21.9. The highest BCUT2D eigenvalue weighted by Gasteiger charge is 2.47. The quantitative estimate of drug-likeness (QED) is 0.296. The molecule has 196 valence electrons. The van der Waals surface area contributed by atoms with E-state index in [0.29, 0.717) is 6.42 Å². The van der Waals surface area contributed by atoms with E-state index in [2.05, 4.69) is 23.3 Å². The van der Waals surface area contributed by atoms with Gasteiger partial charge in [-0.15, -0.1) is 11.3 Å². The van der Waals surface area contributed by atoms with Gasteiger partial charge in [0, 0.05) is 24.4 Å². The molecular formula is C28H38N2O5S. The van der Waals surface area contributed by atoms with Gasteiger partial charge >= 0.3 is 5.97 Å². The number of aryl methyl sites for hydroxylation is 1. The average molecular weight is 515 g/mol. The number of nitrogens with one attached hydrogen (secondary N) is 1. The van der Waals surface area contributed by atoms with Crippen molar-refractivity contribution in [3.8, 4) is 0 Å². The fraction of sp³-hybridized carbons (Fsp3) is 0.607. The predicted octanol–water partition coefficient (Wildman–Crippen LogP) is 4.25. The first-order valence-electron chi connectivity index (χ1n) is 12.8. The number of hydrogen-bond donors (Lipinski definition) is 3. The summed E-state index contributed by atoms with van der Waals surface area (Å²) in [6, 6.07) is 6.29. The minimum Gasteiger partial charge on any atom is -0.457 e. The number of aliphatic hydroxyl groups excluding tert-OH is 2. The maximum Gasteiger partial charge on any atom is 0.309 e. The molecule has 7 atom stereocenters. The first-order chi connectivity index (χ1) is 16.9. The van der Waals surface area contributed by atoms with Gasteiger partial charge in [0.05, 0.1) is 39.3 Å². The van der Waals surface area contributed by atoms with Gasteiger partial charge in [-0.05, 0) is 43.9 Å². The summed E-state index contributed by atoms with van der Waals surface area (Å²) in [6.45, 7) is 10.9. The van der Waals surface area contributed by atoms with E-state index in [0.717, 1.165) is 27.2 Å². The van der Waals surface area contributed by atoms with Crippen molar-refractivity contribution in [3.05, 3.63) is 40.4 Å². The number of nitrogens with zero attached hydrogens (tertiary/aromatic N) is 1. The number of carbonyl (C=O) groups is 2. The number of thiazole rings is 1. The lowest BCUT2D eigenvalue weighted by Gasteiger charge is -2.34. The molecule has 1 fully saturated rings. The zero-order valence-corrected chi connectivity index (χ0v) is 22.8. The number of Topliss-reactive ketones (excluding diaryl/α,β-unsaturated/α-hetero) is 1. The molecule has 1 aromatic heterocycles. The van der Waals surface area contributed by atoms with E-state index < -0.39 is 35.6 Å². The summed E-state index contributed by atoms with van der Waals surface area (Å²) in [4.78, 5) is 30.9. The Morgan fingerprint density at radius 1 is 1.14 bits per heavy atom. The Balaban J connectivity index is 1.64. The molecule has 2 aliphatic heterocycles. The highest BCUT2D eigenvalue weighted by Crippen LogP contribution is 2.36. The fourth-order valence-corrected chi connectivity index (χ4v) is 6.15. The summed E-state index contributed by atoms with van der Waals surface area (Å²) in [5, 5.41) is 26.3. The Hall–Kier alpha value is -2.13. The number of rotatable bonds is 1. The second-order valence-electron chi connectivity index (χ2n) is 11.2. The number of carbonyl (C=O) groups excluding carboxylic acids is 2. The van der Waals surface area contributed by atoms with Gasteiger partial charge in [0.25, 0.3) is 0 Å². The highest BCUT2D eigenvalue weighted by atomic mass is 32.1. The summed E-state index contributed by atoms with van der Waals surface area (Å²) >= 11 is 1.62. The molecule has 0 saturated carbocycles. The molecule has 7 nitrogen and oxygen atoms in total. The van der Waals surface area contributed by atoms with Gasteiger partial charge in [-0.1, -0.05) is 45.4 Å². The van der Waals surface area contributed by atoms with Crippen molar-refractivity contribution < 1.29 is 24.5 Å². The van der Waals surface area contributed by atoms with Crippen LogP contribution in [0.2, 0.25) is 0 Å². The maximum absolute atomic E-state index is 13.3. The van der Waals surface area contributed by atoms with Crippen molar-refractivity contribution >= 4 is 33.3 Å². The monoisotopic (exact) mass is 514 g/mol. The molecule has 0 aliphatic carbocycles. The molecule has 4 rings (SSSR count). The van der Waals surface area contributed by atoms with E-state index in [9.17, 15) is 19.8 Å². The fourth-order valence-electron chi connectivity index (χ4n) is 5.34. The average Bonchev–Trinajstić information content (AvgIpc) is 3.48. The SMILES string of the molecule is C/C1=C/C[C@H](c2ccc3sc(C)nc3c2)OC(=O)C[C@H](O)C(C)(C)C(=O)[C@H](C)[C@@H](O)[C@@H](C)C2NC2C1. The molecule has 0 amide bonds. The van der Waals surface area contributed by atoms with Crippen molar-refractivity contribution in [2.45, 2.75) is 91.2 Å². The molecule has 1 saturated heterocycles. The molecule has 36 heavy (non-hydrogen) atoms. The number of ether oxygens (including phenoxy) is 1. The lowest BCUT2D eigenvalue weighted by atomic mass is 9.73. The second-order valence-corrected chi connectivity index (χ2v) is 12.4. The first kappa shape index (κ1) is 26.9. The number of fused-ring (bicyclic) bond motifs is 2. The number of cyclic esters (lactones) is 1. The van der Waals surface area contributed by atoms with Crippen LogP contribution in [-0.4, -0.2) is 51.2 Å². The molecule has 0 bridgehead atoms. The number of ketones is 1. The van der Waals surface area contributed by atoms with Crippen LogP contribution in [0.5, 0.6) is 0 Å². The Morgan fingerprint density at radius 3 is 2.58 bits per heavy atom. The van der Waals surface area contributed by atoms with Gasteiger partial charge in [-0.2, -0.15) is 0 Å². The molecule has 3 heterocycles. The van der Waals surface area contributed by atoms with Gasteiger partial charge in [0.15, 0.2) is 0 Å². The molecule has 2 aliphatic rings. The number of aromatic nitrogens is 1. The number of esters is 1. The van der Waals surface area contributed by atoms with Crippen molar-refractivity contribution in [3.63, 3.8) is 0 Å². The smallest absolute Gasteiger partial charge is 0.309 e. The Labute approximate surface area is 217 Å². The first-order valence-corrected chi connectivity index (χ1v) is 13.6. The molecule has 8 heteroatoms. The van der Waals surface area contributed by atoms with E-state index in [4.69, 9.17) is 4.74 Å². The topological polar surface area (TPSA) is 119 Å². The van der Waals surface area contributed by atoms with Crippen molar-refractivity contribution in [1.82, 2.24) is 10.3 Å². The van der Waals surface area contributed by atoms with Crippen LogP contribution in [0.1, 0.15) is 70.6 Å². The third-order valence-electron chi connectivity index (χ3n) is 7.98. The number of benzene rings is 1. The maximum atomic E-state index is 13.3. The van der Waals surface area contributed by atoms with Gasteiger partial charge in [0.2, 0.25) is 0 Å². The Bertz CT molecular complexity index is 1170. The third-order valence-corrected chi connectivity index (χ3v) is 8.93. The summed E-state index contributed by atoms with van der Waals surface area (Å²) in [7, 11) is 0. The van der Waals surface area contributed by atoms with E-state index >= 15 is 0 Å². The molecule has 0 spiro atoms. The van der Waals surface area contributed by atoms with Crippen LogP contribution in [0.4, 0.5) is 0 Å². The second kappa shape index (κ2) is 10.3. The molecule has 0 radical (unpaired) electrons. The number of aliphatic hydroxyl groups is 2. The largest absolute Gasteiger partial charge is 0.457 e. The minimum absolute atomic E-state index is 0.117. The summed E-state index contributed by atoms with van der Waals surface area (Å²) in [6.07, 6.45) is 0.510. The van der Waals surface area contributed by atoms with Crippen LogP contribution in [-0.2, 0) is 14.3 Å². The Morgan fingerprint density at radius 2 is 1.86 bits per heavy atom. The van der Waals surface area contributed by atoms with Gasteiger partial charge in [-0.25, -0.2) is 4.98 Å². The van der Waals surface area contributed by atoms with Crippen molar-refractivity contribution in [1.29, 1.82) is 0 Å². The van der Waals surface area contributed by atoms with E-state index in [-0.39, 0.29) is 30.2 Å². The van der Waals surface area contributed by atoms with E-state index in [1.54, 1.807) is 32.1 Å². The lowest BCUT2D eigenvalue weighted by Crippen LogP contribution is -2.46. The predicted molar refractivity (Wildman–Crippen MR) is 141 cm³/mol. The zero-order chi connectivity index (χ0) is 26.4. The highest BCUT2D eigenvalue weighted by molar-refractivity contribution is 7.18. The molecular weight excluding hydrogens is 476 g/mol. The molecule has 1 aromatic carbocycles. The van der Waals surface area contributed by atoms with Gasteiger partial charge in [0.1, 0.15) is 11.9 Å². The minimum atomic E-state index is -1.23. The van der Waals surface area contributed by atoms with Crippen LogP contribution in [0.3, 0.4) is 0 Å². The van der Waals surface area contributed by atoms with Crippen LogP contribution in [0.25, 0.3) is 10.2 Å². The normalized spacial score (nSPS) is 35.6. The van der Waals surface area contributed by atoms with Crippen molar-refractivity contribution in [2.75, 3.05) is 0 Å². The van der Waals surface area contributed by atoms with Gasteiger partial charge < -0.3 is 20.3 Å². The van der Waals surface area contributed by atoms with Crippen molar-refractivity contribution in [2.24, 2.45) is 17.3 Å². The molecule has 3 N–H and O–H groups in total. The summed E-state index contributed by atoms with van der Waals surface area (Å²) < 4.78 is 6.98. The van der Waals surface area contributed by atoms with Gasteiger partial charge in [-0.3, -0.25) is 9.59 Å². The summed E-state index contributed by atoms with van der Waals surface area (Å²) in [5.41, 5.74) is 1.68. The van der Waals surface area contributed by atoms with Crippen LogP contribution in [0.15, 0.2) is 29.8 Å². The number of hydrogen-bond acceptors (Lipinski definition) is 8. The van der Waals surface area contributed by atoms with Crippen LogP contribution < -0.4 is 5.32 Å². The lowest BCUT2D eigenvalue weighted by molar-refractivity contribution is -0.155. The Kier molecular flexibility index (Phi) is 7.72. The van der Waals surface area contributed by atoms with E-state index in [1.165, 1.54) is 5.57 Å². The third kappa shape index (κ3) is 5.57. The van der Waals surface area contributed by atoms with E-state index in [1.807, 2.05) is 32.0 Å². The summed E-state index contributed by atoms with van der Waals surface area (Å²) in [5.74, 6) is -1.61. The van der Waals surface area contributed by atoms with Crippen LogP contribution >= 0.6 is 11.3 Å². The molecule has 2 aromatic rings.